The van der Waals surface area contributed by atoms with Gasteiger partial charge in [-0.15, -0.1) is 0 Å². The number of aromatic nitrogens is 2. The van der Waals surface area contributed by atoms with Crippen LogP contribution in [0.25, 0.3) is 0 Å². The molecule has 0 saturated carbocycles. The van der Waals surface area contributed by atoms with Crippen molar-refractivity contribution in [1.82, 2.24) is 9.97 Å². The summed E-state index contributed by atoms with van der Waals surface area (Å²) < 4.78 is 5.76. The molecule has 0 unspecified atom stereocenters. The van der Waals surface area contributed by atoms with Crippen molar-refractivity contribution in [2.45, 2.75) is 39.7 Å². The van der Waals surface area contributed by atoms with E-state index in [-0.39, 0.29) is 30.1 Å². The lowest BCUT2D eigenvalue weighted by Gasteiger charge is -2.21. The highest BCUT2D eigenvalue weighted by atomic mass is 16.5. The van der Waals surface area contributed by atoms with Crippen LogP contribution in [0.2, 0.25) is 0 Å². The van der Waals surface area contributed by atoms with Gasteiger partial charge < -0.3 is 9.84 Å². The van der Waals surface area contributed by atoms with E-state index in [2.05, 4.69) is 20.5 Å². The van der Waals surface area contributed by atoms with Crippen molar-refractivity contribution < 1.29 is 9.84 Å². The Labute approximate surface area is 146 Å². The normalized spacial score (nSPS) is 11.7. The molecule has 0 radical (unpaired) electrons. The SMILES string of the molecule is Cc1nc(N/N=C\c2ccc(OC(C)(C)C)cc2)[nH]c(=O)c1CCO. The summed E-state index contributed by atoms with van der Waals surface area (Å²) in [6.07, 6.45) is 1.90. The van der Waals surface area contributed by atoms with Crippen molar-refractivity contribution in [3.63, 3.8) is 0 Å². The van der Waals surface area contributed by atoms with Crippen LogP contribution in [0, 0.1) is 6.92 Å². The molecule has 134 valence electrons. The summed E-state index contributed by atoms with van der Waals surface area (Å²) in [5.41, 5.74) is 4.12. The maximum Gasteiger partial charge on any atom is 0.255 e. The number of aromatic amines is 1. The molecule has 0 bridgehead atoms. The zero-order valence-corrected chi connectivity index (χ0v) is 15.0. The third-order valence-corrected chi connectivity index (χ3v) is 3.27. The number of hydrazone groups is 1. The first-order valence-electron chi connectivity index (χ1n) is 8.07. The van der Waals surface area contributed by atoms with Gasteiger partial charge in [-0.1, -0.05) is 0 Å². The summed E-state index contributed by atoms with van der Waals surface area (Å²) in [6, 6.07) is 7.52. The molecule has 0 aliphatic carbocycles. The van der Waals surface area contributed by atoms with Crippen LogP contribution in [0.1, 0.15) is 37.6 Å². The summed E-state index contributed by atoms with van der Waals surface area (Å²) >= 11 is 0. The Hall–Kier alpha value is -2.67. The van der Waals surface area contributed by atoms with Crippen LogP contribution in [-0.2, 0) is 6.42 Å². The summed E-state index contributed by atoms with van der Waals surface area (Å²) in [5.74, 6) is 1.05. The average molecular weight is 344 g/mol. The summed E-state index contributed by atoms with van der Waals surface area (Å²) in [7, 11) is 0. The Balaban J connectivity index is 2.02. The second kappa shape index (κ2) is 7.94. The minimum absolute atomic E-state index is 0.0918. The van der Waals surface area contributed by atoms with E-state index in [1.54, 1.807) is 13.1 Å². The number of benzene rings is 1. The van der Waals surface area contributed by atoms with Gasteiger partial charge in [0.2, 0.25) is 5.95 Å². The zero-order valence-electron chi connectivity index (χ0n) is 15.0. The predicted molar refractivity (Wildman–Crippen MR) is 98.4 cm³/mol. The highest BCUT2D eigenvalue weighted by molar-refractivity contribution is 5.80. The fourth-order valence-electron chi connectivity index (χ4n) is 2.21. The Morgan fingerprint density at radius 3 is 2.56 bits per heavy atom. The van der Waals surface area contributed by atoms with E-state index in [4.69, 9.17) is 9.84 Å². The topological polar surface area (TPSA) is 99.6 Å². The predicted octanol–water partition coefficient (Wildman–Crippen LogP) is 2.24. The van der Waals surface area contributed by atoms with Crippen molar-refractivity contribution in [2.75, 3.05) is 12.0 Å². The van der Waals surface area contributed by atoms with Gasteiger partial charge in [-0.3, -0.25) is 9.78 Å². The van der Waals surface area contributed by atoms with Crippen LogP contribution in [0.4, 0.5) is 5.95 Å². The van der Waals surface area contributed by atoms with Gasteiger partial charge in [-0.2, -0.15) is 5.10 Å². The molecule has 0 aliphatic rings. The molecule has 1 heterocycles. The molecule has 2 aromatic rings. The van der Waals surface area contributed by atoms with Gasteiger partial charge in [-0.25, -0.2) is 10.4 Å². The van der Waals surface area contributed by atoms with Gasteiger partial charge in [0.05, 0.1) is 11.9 Å². The molecular formula is C18H24N4O3. The summed E-state index contributed by atoms with van der Waals surface area (Å²) in [6.45, 7) is 7.62. The van der Waals surface area contributed by atoms with Gasteiger partial charge in [-0.05, 0) is 57.5 Å². The number of aliphatic hydroxyl groups is 1. The van der Waals surface area contributed by atoms with Gasteiger partial charge in [0.25, 0.3) is 5.56 Å². The first-order chi connectivity index (χ1) is 11.8. The van der Waals surface area contributed by atoms with Crippen LogP contribution < -0.4 is 15.7 Å². The van der Waals surface area contributed by atoms with Gasteiger partial charge in [0.15, 0.2) is 0 Å². The molecule has 0 aliphatic heterocycles. The highest BCUT2D eigenvalue weighted by Crippen LogP contribution is 2.17. The number of rotatable bonds is 6. The maximum absolute atomic E-state index is 11.9. The van der Waals surface area contributed by atoms with E-state index in [1.165, 1.54) is 0 Å². The lowest BCUT2D eigenvalue weighted by Crippen LogP contribution is -2.22. The lowest BCUT2D eigenvalue weighted by molar-refractivity contribution is 0.131. The molecule has 25 heavy (non-hydrogen) atoms. The number of aliphatic hydroxyl groups excluding tert-OH is 1. The molecule has 3 N–H and O–H groups in total. The van der Waals surface area contributed by atoms with E-state index in [0.29, 0.717) is 11.3 Å². The van der Waals surface area contributed by atoms with E-state index in [1.807, 2.05) is 45.0 Å². The first kappa shape index (κ1) is 18.7. The second-order valence-corrected chi connectivity index (χ2v) is 6.61. The molecule has 0 atom stereocenters. The minimum atomic E-state index is -0.275. The monoisotopic (exact) mass is 344 g/mol. The Bertz CT molecular complexity index is 789. The van der Waals surface area contributed by atoms with Crippen molar-refractivity contribution in [1.29, 1.82) is 0 Å². The summed E-state index contributed by atoms with van der Waals surface area (Å²) in [4.78, 5) is 18.7. The Morgan fingerprint density at radius 1 is 1.32 bits per heavy atom. The van der Waals surface area contributed by atoms with Gasteiger partial charge in [0, 0.05) is 18.6 Å². The number of ether oxygens (including phenoxy) is 1. The summed E-state index contributed by atoms with van der Waals surface area (Å²) in [5, 5.41) is 13.0. The smallest absolute Gasteiger partial charge is 0.255 e. The van der Waals surface area contributed by atoms with E-state index >= 15 is 0 Å². The van der Waals surface area contributed by atoms with Crippen LogP contribution in [0.3, 0.4) is 0 Å². The van der Waals surface area contributed by atoms with Gasteiger partial charge >= 0.3 is 0 Å². The molecule has 0 spiro atoms. The van der Waals surface area contributed by atoms with Gasteiger partial charge in [0.1, 0.15) is 11.4 Å². The minimum Gasteiger partial charge on any atom is -0.488 e. The lowest BCUT2D eigenvalue weighted by atomic mass is 10.2. The highest BCUT2D eigenvalue weighted by Gasteiger charge is 2.11. The molecule has 2 rings (SSSR count). The number of aryl methyl sites for hydroxylation is 1. The number of H-pyrrole nitrogens is 1. The fraction of sp³-hybridized carbons (Fsp3) is 0.389. The third-order valence-electron chi connectivity index (χ3n) is 3.27. The second-order valence-electron chi connectivity index (χ2n) is 6.61. The molecule has 0 amide bonds. The molecule has 1 aromatic heterocycles. The largest absolute Gasteiger partial charge is 0.488 e. The maximum atomic E-state index is 11.9. The molecule has 0 fully saturated rings. The zero-order chi connectivity index (χ0) is 18.4. The van der Waals surface area contributed by atoms with E-state index < -0.39 is 0 Å². The fourth-order valence-corrected chi connectivity index (χ4v) is 2.21. The number of nitrogens with zero attached hydrogens (tertiary/aromatic N) is 2. The van der Waals surface area contributed by atoms with E-state index in [0.717, 1.165) is 11.3 Å². The Morgan fingerprint density at radius 2 is 2.00 bits per heavy atom. The Kier molecular flexibility index (Phi) is 5.93. The van der Waals surface area contributed by atoms with Crippen molar-refractivity contribution in [3.05, 3.63) is 51.4 Å². The number of hydrogen-bond acceptors (Lipinski definition) is 6. The van der Waals surface area contributed by atoms with Crippen LogP contribution in [0.15, 0.2) is 34.2 Å². The molecule has 7 nitrogen and oxygen atoms in total. The molecule has 0 saturated heterocycles. The molecular weight excluding hydrogens is 320 g/mol. The van der Waals surface area contributed by atoms with Crippen molar-refractivity contribution in [2.24, 2.45) is 5.10 Å². The number of anilines is 1. The molecule has 1 aromatic carbocycles. The average Bonchev–Trinajstić information content (AvgIpc) is 2.51. The third kappa shape index (κ3) is 5.72. The van der Waals surface area contributed by atoms with Crippen LogP contribution in [-0.4, -0.2) is 33.5 Å². The quantitative estimate of drug-likeness (QED) is 0.551. The standard InChI is InChI=1S/C18H24N4O3/c1-12-15(9-10-23)16(24)21-17(20-12)22-19-11-13-5-7-14(8-6-13)25-18(2,3)4/h5-8,11,23H,9-10H2,1-4H3,(H2,20,21,22,24)/b19-11-. The van der Waals surface area contributed by atoms with Crippen LogP contribution in [0.5, 0.6) is 5.75 Å². The number of hydrogen-bond donors (Lipinski definition) is 3. The van der Waals surface area contributed by atoms with Crippen molar-refractivity contribution >= 4 is 12.2 Å². The molecule has 7 heteroatoms. The first-order valence-corrected chi connectivity index (χ1v) is 8.07. The number of nitrogens with one attached hydrogen (secondary N) is 2. The van der Waals surface area contributed by atoms with Crippen molar-refractivity contribution in [3.8, 4) is 5.75 Å². The van der Waals surface area contributed by atoms with Crippen LogP contribution >= 0.6 is 0 Å². The van der Waals surface area contributed by atoms with E-state index in [9.17, 15) is 4.79 Å².